The molecular weight excluding hydrogens is 286 g/mol. The van der Waals surface area contributed by atoms with E-state index in [0.717, 1.165) is 18.6 Å². The van der Waals surface area contributed by atoms with Gasteiger partial charge < -0.3 is 4.74 Å². The van der Waals surface area contributed by atoms with Gasteiger partial charge in [-0.2, -0.15) is 0 Å². The molecule has 0 aromatic heterocycles. The van der Waals surface area contributed by atoms with Crippen LogP contribution in [0.15, 0.2) is 24.3 Å². The molecule has 1 aliphatic rings. The fourth-order valence-corrected chi connectivity index (χ4v) is 3.38. The lowest BCUT2D eigenvalue weighted by atomic mass is 9.87. The maximum atomic E-state index is 11.5. The van der Waals surface area contributed by atoms with E-state index in [9.17, 15) is 8.42 Å². The number of ether oxygens (including phenoxy) is 1. The van der Waals surface area contributed by atoms with Crippen LogP contribution in [0.4, 0.5) is 0 Å². The molecule has 0 aliphatic carbocycles. The molecule has 0 unspecified atom stereocenters. The molecule has 1 fully saturated rings. The number of nitrogens with zero attached hydrogens (tertiary/aromatic N) is 1. The highest BCUT2D eigenvalue weighted by Crippen LogP contribution is 2.26. The Labute approximate surface area is 128 Å². The van der Waals surface area contributed by atoms with Gasteiger partial charge in [0.05, 0.1) is 6.26 Å². The molecule has 0 amide bonds. The van der Waals surface area contributed by atoms with Gasteiger partial charge in [0.25, 0.3) is 0 Å². The summed E-state index contributed by atoms with van der Waals surface area (Å²) in [5.41, 5.74) is 1.42. The van der Waals surface area contributed by atoms with Crippen LogP contribution in [0.5, 0.6) is 5.75 Å². The Morgan fingerprint density at radius 3 is 2.05 bits per heavy atom. The van der Waals surface area contributed by atoms with E-state index >= 15 is 0 Å². The number of piperidine rings is 1. The Balaban J connectivity index is 1.92. The lowest BCUT2D eigenvalue weighted by Gasteiger charge is -2.30. The minimum absolute atomic E-state index is 0.100. The smallest absolute Gasteiger partial charge is 0.211 e. The molecule has 0 atom stereocenters. The topological polar surface area (TPSA) is 46.6 Å². The first kappa shape index (κ1) is 16.3. The molecule has 0 spiro atoms. The maximum Gasteiger partial charge on any atom is 0.211 e. The molecule has 1 saturated heterocycles. The second-order valence-electron chi connectivity index (χ2n) is 6.75. The van der Waals surface area contributed by atoms with Gasteiger partial charge in [-0.25, -0.2) is 12.7 Å². The highest BCUT2D eigenvalue weighted by Gasteiger charge is 2.25. The molecule has 0 N–H and O–H groups in total. The van der Waals surface area contributed by atoms with Gasteiger partial charge in [0.1, 0.15) is 11.9 Å². The highest BCUT2D eigenvalue weighted by molar-refractivity contribution is 7.88. The number of sulfonamides is 1. The molecule has 0 saturated carbocycles. The third-order valence-corrected chi connectivity index (χ3v) is 5.20. The molecular formula is C16H25NO3S. The van der Waals surface area contributed by atoms with Gasteiger partial charge in [-0.3, -0.25) is 0 Å². The Bertz CT molecular complexity index is 565. The van der Waals surface area contributed by atoms with Gasteiger partial charge in [0, 0.05) is 13.1 Å². The largest absolute Gasteiger partial charge is 0.490 e. The molecule has 4 nitrogen and oxygen atoms in total. The Hall–Kier alpha value is -1.07. The maximum absolute atomic E-state index is 11.5. The van der Waals surface area contributed by atoms with Crippen molar-refractivity contribution in [2.75, 3.05) is 19.3 Å². The van der Waals surface area contributed by atoms with Crippen molar-refractivity contribution < 1.29 is 13.2 Å². The summed E-state index contributed by atoms with van der Waals surface area (Å²) in [6.45, 7) is 7.64. The zero-order valence-corrected chi connectivity index (χ0v) is 14.1. The van der Waals surface area contributed by atoms with Crippen molar-refractivity contribution >= 4 is 10.0 Å². The first-order chi connectivity index (χ1) is 9.66. The minimum atomic E-state index is -3.07. The van der Waals surface area contributed by atoms with Gasteiger partial charge >= 0.3 is 0 Å². The molecule has 2 rings (SSSR count). The fraction of sp³-hybridized carbons (Fsp3) is 0.625. The number of rotatable bonds is 3. The van der Waals surface area contributed by atoms with Crippen molar-refractivity contribution in [3.8, 4) is 5.75 Å². The second-order valence-corrected chi connectivity index (χ2v) is 8.74. The summed E-state index contributed by atoms with van der Waals surface area (Å²) in [5, 5.41) is 0. The van der Waals surface area contributed by atoms with Crippen LogP contribution >= 0.6 is 0 Å². The fourth-order valence-electron chi connectivity index (χ4n) is 2.51. The van der Waals surface area contributed by atoms with Crippen LogP contribution in [0.3, 0.4) is 0 Å². The average Bonchev–Trinajstić information content (AvgIpc) is 2.38. The minimum Gasteiger partial charge on any atom is -0.490 e. The molecule has 1 aliphatic heterocycles. The number of hydrogen-bond acceptors (Lipinski definition) is 3. The molecule has 0 bridgehead atoms. The van der Waals surface area contributed by atoms with Crippen LogP contribution < -0.4 is 4.74 Å². The van der Waals surface area contributed by atoms with Crippen molar-refractivity contribution in [3.63, 3.8) is 0 Å². The normalized spacial score (nSPS) is 18.7. The summed E-state index contributed by atoms with van der Waals surface area (Å²) in [7, 11) is -3.07. The standard InChI is InChI=1S/C16H25NO3S/c1-16(2,3)13-5-7-14(8-6-13)20-15-9-11-17(12-10-15)21(4,18)19/h5-8,15H,9-12H2,1-4H3. The van der Waals surface area contributed by atoms with E-state index in [4.69, 9.17) is 4.74 Å². The highest BCUT2D eigenvalue weighted by atomic mass is 32.2. The van der Waals surface area contributed by atoms with Crippen LogP contribution in [-0.4, -0.2) is 38.2 Å². The van der Waals surface area contributed by atoms with E-state index in [-0.39, 0.29) is 11.5 Å². The Morgan fingerprint density at radius 2 is 1.62 bits per heavy atom. The van der Waals surface area contributed by atoms with E-state index in [2.05, 4.69) is 32.9 Å². The first-order valence-corrected chi connectivity index (χ1v) is 9.23. The van der Waals surface area contributed by atoms with Crippen LogP contribution in [-0.2, 0) is 15.4 Å². The predicted molar refractivity (Wildman–Crippen MR) is 85.2 cm³/mol. The summed E-state index contributed by atoms with van der Waals surface area (Å²) in [4.78, 5) is 0. The SMILES string of the molecule is CC(C)(C)c1ccc(OC2CCN(S(C)(=O)=O)CC2)cc1. The van der Waals surface area contributed by atoms with E-state index in [1.165, 1.54) is 16.1 Å². The molecule has 21 heavy (non-hydrogen) atoms. The second kappa shape index (κ2) is 5.97. The molecule has 5 heteroatoms. The van der Waals surface area contributed by atoms with Crippen molar-refractivity contribution in [1.29, 1.82) is 0 Å². The van der Waals surface area contributed by atoms with Crippen molar-refractivity contribution in [2.45, 2.75) is 45.1 Å². The lowest BCUT2D eigenvalue weighted by molar-refractivity contribution is 0.135. The summed E-state index contributed by atoms with van der Waals surface area (Å²) < 4.78 is 30.4. The van der Waals surface area contributed by atoms with Crippen LogP contribution in [0.25, 0.3) is 0 Å². The predicted octanol–water partition coefficient (Wildman–Crippen LogP) is 2.79. The molecule has 1 aromatic rings. The first-order valence-electron chi connectivity index (χ1n) is 7.38. The van der Waals surface area contributed by atoms with Crippen molar-refractivity contribution in [1.82, 2.24) is 4.31 Å². The summed E-state index contributed by atoms with van der Waals surface area (Å²) >= 11 is 0. The zero-order chi connectivity index (χ0) is 15.7. The van der Waals surface area contributed by atoms with Gasteiger partial charge in [-0.05, 0) is 36.0 Å². The van der Waals surface area contributed by atoms with Crippen molar-refractivity contribution in [3.05, 3.63) is 29.8 Å². The quantitative estimate of drug-likeness (QED) is 0.862. The van der Waals surface area contributed by atoms with Gasteiger partial charge in [0.15, 0.2) is 0 Å². The molecule has 1 aromatic carbocycles. The summed E-state index contributed by atoms with van der Waals surface area (Å²) in [6.07, 6.45) is 2.85. The molecule has 0 radical (unpaired) electrons. The van der Waals surface area contributed by atoms with E-state index in [1.54, 1.807) is 0 Å². The monoisotopic (exact) mass is 311 g/mol. The summed E-state index contributed by atoms with van der Waals surface area (Å²) in [5.74, 6) is 0.862. The van der Waals surface area contributed by atoms with E-state index in [0.29, 0.717) is 13.1 Å². The number of hydrogen-bond donors (Lipinski definition) is 0. The van der Waals surface area contributed by atoms with Crippen LogP contribution in [0.1, 0.15) is 39.2 Å². The summed E-state index contributed by atoms with van der Waals surface area (Å²) in [6, 6.07) is 8.20. The average molecular weight is 311 g/mol. The van der Waals surface area contributed by atoms with E-state index < -0.39 is 10.0 Å². The number of benzene rings is 1. The van der Waals surface area contributed by atoms with E-state index in [1.807, 2.05) is 12.1 Å². The molecule has 118 valence electrons. The van der Waals surface area contributed by atoms with Gasteiger partial charge in [-0.1, -0.05) is 32.9 Å². The zero-order valence-electron chi connectivity index (χ0n) is 13.3. The lowest BCUT2D eigenvalue weighted by Crippen LogP contribution is -2.41. The Morgan fingerprint density at radius 1 is 1.10 bits per heavy atom. The third-order valence-electron chi connectivity index (χ3n) is 3.89. The third kappa shape index (κ3) is 4.45. The van der Waals surface area contributed by atoms with Gasteiger partial charge in [-0.15, -0.1) is 0 Å². The molecule has 1 heterocycles. The van der Waals surface area contributed by atoms with Crippen LogP contribution in [0.2, 0.25) is 0 Å². The van der Waals surface area contributed by atoms with Crippen molar-refractivity contribution in [2.24, 2.45) is 0 Å². The Kier molecular flexibility index (Phi) is 4.63. The van der Waals surface area contributed by atoms with Crippen LogP contribution in [0, 0.1) is 0 Å². The van der Waals surface area contributed by atoms with Gasteiger partial charge in [0.2, 0.25) is 10.0 Å².